The molecule has 3 atom stereocenters. The third kappa shape index (κ3) is 5.45. The summed E-state index contributed by atoms with van der Waals surface area (Å²) >= 11 is 0. The van der Waals surface area contributed by atoms with Crippen LogP contribution < -0.4 is 16.7 Å². The maximum Gasteiger partial charge on any atom is 0.354 e. The number of carbonyl (C=O) groups excluding carboxylic acids is 2. The van der Waals surface area contributed by atoms with Crippen molar-refractivity contribution in [2.75, 3.05) is 64.3 Å². The van der Waals surface area contributed by atoms with Crippen molar-refractivity contribution in [1.82, 2.24) is 24.3 Å². The zero-order valence-corrected chi connectivity index (χ0v) is 21.9. The standard InChI is InChI=1S/C27H37N7O4/c1-19(16-35)24(36)32-10-12-33(13-11-32)25(37)29-23-7-9-34(26(38)30-23)22-4-2-20(3-5-22)6-8-31-15-21-14-27(21,17-28)18-31/h2-5,7,9,19,21,35H,6,8,10-18,28H2,1H3,(H,29,30,37,38). The molecule has 1 aromatic carbocycles. The third-order valence-corrected chi connectivity index (χ3v) is 8.33. The van der Waals surface area contributed by atoms with E-state index in [2.05, 4.69) is 15.2 Å². The number of rotatable bonds is 8. The number of hydrogen-bond acceptors (Lipinski definition) is 7. The smallest absolute Gasteiger partial charge is 0.354 e. The average molecular weight is 524 g/mol. The van der Waals surface area contributed by atoms with Gasteiger partial charge in [0.15, 0.2) is 0 Å². The highest BCUT2D eigenvalue weighted by Gasteiger charge is 2.58. The number of likely N-dealkylation sites (tertiary alicyclic amines) is 1. The minimum Gasteiger partial charge on any atom is -0.396 e. The maximum absolute atomic E-state index is 12.7. The number of amides is 3. The Morgan fingerprint density at radius 1 is 1.16 bits per heavy atom. The first kappa shape index (κ1) is 26.3. The summed E-state index contributed by atoms with van der Waals surface area (Å²) < 4.78 is 1.45. The Hall–Kier alpha value is -3.28. The number of carbonyl (C=O) groups is 2. The molecule has 3 unspecified atom stereocenters. The number of aliphatic hydroxyl groups is 1. The average Bonchev–Trinajstić information content (AvgIpc) is 3.51. The Kier molecular flexibility index (Phi) is 7.51. The van der Waals surface area contributed by atoms with Crippen LogP contribution in [0.5, 0.6) is 0 Å². The first-order valence-electron chi connectivity index (χ1n) is 13.4. The topological polar surface area (TPSA) is 137 Å². The van der Waals surface area contributed by atoms with Gasteiger partial charge in [-0.25, -0.2) is 9.59 Å². The van der Waals surface area contributed by atoms with Crippen molar-refractivity contribution in [3.63, 3.8) is 0 Å². The van der Waals surface area contributed by atoms with Gasteiger partial charge >= 0.3 is 11.7 Å². The molecule has 2 aromatic rings. The second-order valence-corrected chi connectivity index (χ2v) is 10.9. The molecule has 0 radical (unpaired) electrons. The summed E-state index contributed by atoms with van der Waals surface area (Å²) in [6.45, 7) is 7.07. The van der Waals surface area contributed by atoms with Gasteiger partial charge in [-0.3, -0.25) is 14.7 Å². The van der Waals surface area contributed by atoms with Crippen molar-refractivity contribution >= 4 is 17.8 Å². The largest absolute Gasteiger partial charge is 0.396 e. The zero-order valence-electron chi connectivity index (χ0n) is 21.9. The van der Waals surface area contributed by atoms with Gasteiger partial charge in [-0.2, -0.15) is 4.98 Å². The molecule has 5 rings (SSSR count). The highest BCUT2D eigenvalue weighted by atomic mass is 16.3. The minimum atomic E-state index is -0.479. The van der Waals surface area contributed by atoms with Crippen LogP contribution in [0, 0.1) is 17.3 Å². The normalized spacial score (nSPS) is 23.7. The number of anilines is 1. The predicted molar refractivity (Wildman–Crippen MR) is 143 cm³/mol. The van der Waals surface area contributed by atoms with Crippen LogP contribution in [0.3, 0.4) is 0 Å². The zero-order chi connectivity index (χ0) is 26.9. The molecule has 0 spiro atoms. The molecule has 3 fully saturated rings. The van der Waals surface area contributed by atoms with Gasteiger partial charge in [0.05, 0.1) is 18.2 Å². The molecule has 1 aliphatic carbocycles. The van der Waals surface area contributed by atoms with E-state index in [1.54, 1.807) is 29.0 Å². The molecule has 11 heteroatoms. The molecular weight excluding hydrogens is 486 g/mol. The number of hydrogen-bond donors (Lipinski definition) is 3. The number of fused-ring (bicyclic) bond motifs is 1. The molecule has 38 heavy (non-hydrogen) atoms. The van der Waals surface area contributed by atoms with E-state index in [0.29, 0.717) is 37.3 Å². The summed E-state index contributed by atoms with van der Waals surface area (Å²) in [5.41, 5.74) is 7.79. The van der Waals surface area contributed by atoms with Crippen molar-refractivity contribution in [3.8, 4) is 5.69 Å². The number of nitrogens with two attached hydrogens (primary N) is 1. The molecule has 204 valence electrons. The van der Waals surface area contributed by atoms with Gasteiger partial charge in [-0.1, -0.05) is 19.1 Å². The van der Waals surface area contributed by atoms with Crippen LogP contribution in [-0.4, -0.2) is 100 Å². The summed E-state index contributed by atoms with van der Waals surface area (Å²) in [6, 6.07) is 9.14. The highest BCUT2D eigenvalue weighted by molar-refractivity contribution is 5.88. The molecule has 1 aromatic heterocycles. The van der Waals surface area contributed by atoms with Gasteiger partial charge in [-0.05, 0) is 54.5 Å². The Morgan fingerprint density at radius 2 is 1.87 bits per heavy atom. The van der Waals surface area contributed by atoms with Crippen molar-refractivity contribution in [2.45, 2.75) is 19.8 Å². The number of aromatic nitrogens is 2. The Morgan fingerprint density at radius 3 is 2.50 bits per heavy atom. The SMILES string of the molecule is CC(CO)C(=O)N1CCN(C(=O)Nc2ccn(-c3ccc(CCN4CC5CC5(CN)C4)cc3)c(=O)n2)CC1. The number of piperidine rings is 1. The van der Waals surface area contributed by atoms with E-state index in [0.717, 1.165) is 38.5 Å². The first-order valence-corrected chi connectivity index (χ1v) is 13.4. The van der Waals surface area contributed by atoms with E-state index in [4.69, 9.17) is 5.73 Å². The molecule has 0 bridgehead atoms. The lowest BCUT2D eigenvalue weighted by atomic mass is 10.1. The van der Waals surface area contributed by atoms with E-state index in [9.17, 15) is 19.5 Å². The maximum atomic E-state index is 12.7. The number of piperazine rings is 1. The van der Waals surface area contributed by atoms with Gasteiger partial charge in [0.1, 0.15) is 5.82 Å². The highest BCUT2D eigenvalue weighted by Crippen LogP contribution is 2.56. The number of urea groups is 1. The van der Waals surface area contributed by atoms with Gasteiger partial charge in [0.25, 0.3) is 0 Å². The molecule has 4 N–H and O–H groups in total. The molecule has 3 amide bonds. The lowest BCUT2D eigenvalue weighted by molar-refractivity contribution is -0.137. The first-order chi connectivity index (χ1) is 18.3. The number of aliphatic hydroxyl groups excluding tert-OH is 1. The van der Waals surface area contributed by atoms with Crippen LogP contribution >= 0.6 is 0 Å². The molecule has 2 saturated heterocycles. The van der Waals surface area contributed by atoms with E-state index in [1.807, 2.05) is 24.3 Å². The number of nitrogens with zero attached hydrogens (tertiary/aromatic N) is 5. The summed E-state index contributed by atoms with van der Waals surface area (Å²) in [5, 5.41) is 11.9. The van der Waals surface area contributed by atoms with Gasteiger partial charge in [0.2, 0.25) is 5.91 Å². The van der Waals surface area contributed by atoms with Gasteiger partial charge < -0.3 is 25.5 Å². The van der Waals surface area contributed by atoms with Crippen molar-refractivity contribution < 1.29 is 14.7 Å². The Balaban J connectivity index is 1.12. The van der Waals surface area contributed by atoms with E-state index in [1.165, 1.54) is 16.6 Å². The van der Waals surface area contributed by atoms with Crippen LogP contribution in [0.1, 0.15) is 18.9 Å². The summed E-state index contributed by atoms with van der Waals surface area (Å²) in [5.74, 6) is 0.393. The lowest BCUT2D eigenvalue weighted by Crippen LogP contribution is -2.53. The van der Waals surface area contributed by atoms with Gasteiger partial charge in [-0.15, -0.1) is 0 Å². The monoisotopic (exact) mass is 523 g/mol. The van der Waals surface area contributed by atoms with Crippen molar-refractivity contribution in [1.29, 1.82) is 0 Å². The molecule has 1 saturated carbocycles. The fourth-order valence-electron chi connectivity index (χ4n) is 5.68. The Bertz CT molecular complexity index is 1220. The predicted octanol–water partition coefficient (Wildman–Crippen LogP) is 0.360. The summed E-state index contributed by atoms with van der Waals surface area (Å²) in [4.78, 5) is 47.4. The number of benzene rings is 1. The molecule has 3 heterocycles. The van der Waals surface area contributed by atoms with Crippen LogP contribution in [0.4, 0.5) is 10.6 Å². The van der Waals surface area contributed by atoms with Gasteiger partial charge in [0, 0.05) is 52.0 Å². The third-order valence-electron chi connectivity index (χ3n) is 8.33. The lowest BCUT2D eigenvalue weighted by Gasteiger charge is -2.35. The second kappa shape index (κ2) is 10.8. The van der Waals surface area contributed by atoms with Crippen LogP contribution in [0.25, 0.3) is 5.69 Å². The van der Waals surface area contributed by atoms with Crippen molar-refractivity contribution in [3.05, 3.63) is 52.6 Å². The second-order valence-electron chi connectivity index (χ2n) is 10.9. The fourth-order valence-corrected chi connectivity index (χ4v) is 5.68. The molecule has 2 aliphatic heterocycles. The van der Waals surface area contributed by atoms with Crippen LogP contribution in [0.15, 0.2) is 41.3 Å². The number of nitrogens with one attached hydrogen (secondary N) is 1. The van der Waals surface area contributed by atoms with Crippen LogP contribution in [0.2, 0.25) is 0 Å². The van der Waals surface area contributed by atoms with E-state index >= 15 is 0 Å². The molecular formula is C27H37N7O4. The summed E-state index contributed by atoms with van der Waals surface area (Å²) in [7, 11) is 0. The quantitative estimate of drug-likeness (QED) is 0.454. The minimum absolute atomic E-state index is 0.116. The van der Waals surface area contributed by atoms with E-state index in [-0.39, 0.29) is 24.4 Å². The van der Waals surface area contributed by atoms with Crippen molar-refractivity contribution in [2.24, 2.45) is 23.0 Å². The summed E-state index contributed by atoms with van der Waals surface area (Å²) in [6.07, 6.45) is 3.84. The fraction of sp³-hybridized carbons (Fsp3) is 0.556. The molecule has 3 aliphatic rings. The van der Waals surface area contributed by atoms with Crippen LogP contribution in [-0.2, 0) is 11.2 Å². The van der Waals surface area contributed by atoms with E-state index < -0.39 is 11.6 Å². The Labute approximate surface area is 222 Å². The molecule has 11 nitrogen and oxygen atoms in total.